The van der Waals surface area contributed by atoms with Gasteiger partial charge in [0.1, 0.15) is 29.8 Å². The summed E-state index contributed by atoms with van der Waals surface area (Å²) in [5.74, 6) is -1.87. The summed E-state index contributed by atoms with van der Waals surface area (Å²) in [6.07, 6.45) is 2.90. The largest absolute Gasteiger partial charge is 0.386 e. The lowest BCUT2D eigenvalue weighted by Gasteiger charge is -2.36. The summed E-state index contributed by atoms with van der Waals surface area (Å²) in [4.78, 5) is 68.2. The number of unbranched alkanes of at least 4 members (excludes halogenated alkanes) is 2. The number of amides is 4. The normalized spacial score (nSPS) is 24.9. The van der Waals surface area contributed by atoms with Crippen molar-refractivity contribution < 1.29 is 29.1 Å². The van der Waals surface area contributed by atoms with Crippen LogP contribution in [0.2, 0.25) is 0 Å². The van der Waals surface area contributed by atoms with Crippen molar-refractivity contribution in [3.05, 3.63) is 60.2 Å². The molecule has 10 heteroatoms. The summed E-state index contributed by atoms with van der Waals surface area (Å²) in [6, 6.07) is 15.2. The Hall–Kier alpha value is -4.05. The molecule has 0 aromatic heterocycles. The SMILES string of the molecule is CC[C@]1(C)NC(=O)[C@H](CCCCCC(=O)[C@@H](C)O)NC(=O)[C@H]2CCCN2C(=O)[C@H](Cc2ccc(-c3ccccc3)cc2)NC1=O. The van der Waals surface area contributed by atoms with Crippen molar-refractivity contribution >= 4 is 29.4 Å². The van der Waals surface area contributed by atoms with E-state index in [9.17, 15) is 29.1 Å². The molecule has 4 rings (SSSR count). The molecule has 2 saturated heterocycles. The van der Waals surface area contributed by atoms with E-state index in [1.54, 1.807) is 18.7 Å². The van der Waals surface area contributed by atoms with E-state index in [4.69, 9.17) is 0 Å². The molecule has 0 aliphatic carbocycles. The molecule has 4 N–H and O–H groups in total. The van der Waals surface area contributed by atoms with Crippen LogP contribution in [0.4, 0.5) is 0 Å². The third kappa shape index (κ3) is 8.57. The zero-order valence-corrected chi connectivity index (χ0v) is 26.5. The van der Waals surface area contributed by atoms with E-state index >= 15 is 0 Å². The molecule has 5 atom stereocenters. The molecule has 2 fully saturated rings. The maximum absolute atomic E-state index is 14.0. The number of benzene rings is 2. The van der Waals surface area contributed by atoms with Crippen molar-refractivity contribution in [1.82, 2.24) is 20.9 Å². The molecule has 4 amide bonds. The van der Waals surface area contributed by atoms with Crippen LogP contribution in [0.3, 0.4) is 0 Å². The van der Waals surface area contributed by atoms with Crippen LogP contribution in [0.5, 0.6) is 0 Å². The van der Waals surface area contributed by atoms with Gasteiger partial charge in [-0.25, -0.2) is 0 Å². The van der Waals surface area contributed by atoms with Crippen molar-refractivity contribution in [2.75, 3.05) is 6.54 Å². The third-order valence-electron chi connectivity index (χ3n) is 9.07. The first-order valence-corrected chi connectivity index (χ1v) is 16.1. The van der Waals surface area contributed by atoms with Crippen molar-refractivity contribution in [1.29, 1.82) is 0 Å². The molecule has 2 aliphatic heterocycles. The summed E-state index contributed by atoms with van der Waals surface area (Å²) < 4.78 is 0. The minimum Gasteiger partial charge on any atom is -0.386 e. The Labute approximate surface area is 265 Å². The number of hydrogen-bond donors (Lipinski definition) is 4. The second-order valence-corrected chi connectivity index (χ2v) is 12.5. The fourth-order valence-electron chi connectivity index (χ4n) is 5.96. The summed E-state index contributed by atoms with van der Waals surface area (Å²) in [6.45, 7) is 5.24. The molecule has 2 aromatic rings. The maximum atomic E-state index is 14.0. The number of Topliss-reactive ketones (excluding diaryl/α,β-unsaturated/α-hetero) is 1. The number of aliphatic hydroxyl groups excluding tert-OH is 1. The molecule has 242 valence electrons. The van der Waals surface area contributed by atoms with Crippen molar-refractivity contribution in [3.63, 3.8) is 0 Å². The molecule has 0 saturated carbocycles. The fourth-order valence-corrected chi connectivity index (χ4v) is 5.96. The minimum atomic E-state index is -1.32. The van der Waals surface area contributed by atoms with Gasteiger partial charge >= 0.3 is 0 Å². The molecule has 2 heterocycles. The average Bonchev–Trinajstić information content (AvgIpc) is 3.53. The predicted molar refractivity (Wildman–Crippen MR) is 171 cm³/mol. The number of nitrogens with one attached hydrogen (secondary N) is 3. The van der Waals surface area contributed by atoms with Gasteiger partial charge in [0.25, 0.3) is 0 Å². The standard InChI is InChI=1S/C35H46N4O6/c1-4-35(3)34(45)37-28(22-24-17-19-26(20-18-24)25-12-7-5-8-13-25)33(44)39-21-11-15-29(39)32(43)36-27(31(42)38-35)14-9-6-10-16-30(41)23(2)40/h5,7-8,12-13,17-20,23,27-29,40H,4,6,9-11,14-16,21-22H2,1-3H3,(H,36,43)(H,37,45)(H,38,42)/t23-,27+,28+,29-,35+/m1/s1. The van der Waals surface area contributed by atoms with E-state index in [2.05, 4.69) is 16.0 Å². The Morgan fingerprint density at radius 2 is 1.62 bits per heavy atom. The van der Waals surface area contributed by atoms with Crippen LogP contribution in [-0.2, 0) is 30.4 Å². The highest BCUT2D eigenvalue weighted by molar-refractivity contribution is 5.99. The number of carbonyl (C=O) groups excluding carboxylic acids is 5. The number of hydrogen-bond acceptors (Lipinski definition) is 6. The van der Waals surface area contributed by atoms with E-state index in [1.807, 2.05) is 54.6 Å². The van der Waals surface area contributed by atoms with E-state index in [0.717, 1.165) is 16.7 Å². The lowest BCUT2D eigenvalue weighted by atomic mass is 9.94. The Bertz CT molecular complexity index is 1360. The third-order valence-corrected chi connectivity index (χ3v) is 9.07. The Balaban J connectivity index is 1.53. The Morgan fingerprint density at radius 3 is 2.29 bits per heavy atom. The fraction of sp³-hybridized carbons (Fsp3) is 0.514. The molecule has 2 aliphatic rings. The van der Waals surface area contributed by atoms with Gasteiger partial charge in [0.15, 0.2) is 5.78 Å². The van der Waals surface area contributed by atoms with Crippen LogP contribution < -0.4 is 16.0 Å². The van der Waals surface area contributed by atoms with Crippen LogP contribution in [-0.4, -0.2) is 75.7 Å². The van der Waals surface area contributed by atoms with E-state index < -0.39 is 41.6 Å². The van der Waals surface area contributed by atoms with Gasteiger partial charge in [-0.1, -0.05) is 74.4 Å². The molecular formula is C35H46N4O6. The number of rotatable bonds is 11. The molecule has 0 unspecified atom stereocenters. The molecule has 45 heavy (non-hydrogen) atoms. The molecule has 0 bridgehead atoms. The highest BCUT2D eigenvalue weighted by Gasteiger charge is 2.43. The van der Waals surface area contributed by atoms with E-state index in [1.165, 1.54) is 6.92 Å². The lowest BCUT2D eigenvalue weighted by Crippen LogP contribution is -2.65. The molecule has 0 spiro atoms. The van der Waals surface area contributed by atoms with Gasteiger partial charge in [0.2, 0.25) is 23.6 Å². The zero-order valence-electron chi connectivity index (χ0n) is 26.5. The van der Waals surface area contributed by atoms with Gasteiger partial charge < -0.3 is 26.0 Å². The van der Waals surface area contributed by atoms with Gasteiger partial charge in [-0.3, -0.25) is 24.0 Å². The molecule has 10 nitrogen and oxygen atoms in total. The zero-order chi connectivity index (χ0) is 32.6. The first-order valence-electron chi connectivity index (χ1n) is 16.1. The molecule has 2 aromatic carbocycles. The molecule has 0 radical (unpaired) electrons. The van der Waals surface area contributed by atoms with Gasteiger partial charge in [-0.05, 0) is 62.6 Å². The number of fused-ring (bicyclic) bond motifs is 1. The summed E-state index contributed by atoms with van der Waals surface area (Å²) >= 11 is 0. The quantitative estimate of drug-likeness (QED) is 0.285. The molecular weight excluding hydrogens is 572 g/mol. The topological polar surface area (TPSA) is 145 Å². The van der Waals surface area contributed by atoms with E-state index in [0.29, 0.717) is 45.1 Å². The number of nitrogens with zero attached hydrogens (tertiary/aromatic N) is 1. The maximum Gasteiger partial charge on any atom is 0.246 e. The van der Waals surface area contributed by atoms with Crippen LogP contribution in [0.25, 0.3) is 11.1 Å². The summed E-state index contributed by atoms with van der Waals surface area (Å²) in [5.41, 5.74) is 1.65. The highest BCUT2D eigenvalue weighted by Crippen LogP contribution is 2.24. The average molecular weight is 619 g/mol. The first kappa shape index (κ1) is 33.8. The van der Waals surface area contributed by atoms with Gasteiger partial charge in [-0.15, -0.1) is 0 Å². The highest BCUT2D eigenvalue weighted by atomic mass is 16.3. The van der Waals surface area contributed by atoms with Crippen molar-refractivity contribution in [2.45, 2.75) is 108 Å². The first-order chi connectivity index (χ1) is 21.5. The predicted octanol–water partition coefficient (Wildman–Crippen LogP) is 3.06. The van der Waals surface area contributed by atoms with Gasteiger partial charge in [-0.2, -0.15) is 0 Å². The van der Waals surface area contributed by atoms with Crippen LogP contribution in [0.1, 0.15) is 77.7 Å². The van der Waals surface area contributed by atoms with E-state index in [-0.39, 0.29) is 36.9 Å². The van der Waals surface area contributed by atoms with Crippen LogP contribution >= 0.6 is 0 Å². The van der Waals surface area contributed by atoms with Crippen molar-refractivity contribution in [3.8, 4) is 11.1 Å². The smallest absolute Gasteiger partial charge is 0.246 e. The number of carbonyl (C=O) groups is 5. The lowest BCUT2D eigenvalue weighted by molar-refractivity contribution is -0.144. The second kappa shape index (κ2) is 15.3. The minimum absolute atomic E-state index is 0.231. The van der Waals surface area contributed by atoms with Gasteiger partial charge in [0, 0.05) is 19.4 Å². The Kier molecular flexibility index (Phi) is 11.5. The van der Waals surface area contributed by atoms with Gasteiger partial charge in [0.05, 0.1) is 0 Å². The summed E-state index contributed by atoms with van der Waals surface area (Å²) in [7, 11) is 0. The number of aliphatic hydroxyl groups is 1. The monoisotopic (exact) mass is 618 g/mol. The Morgan fingerprint density at radius 1 is 0.933 bits per heavy atom. The summed E-state index contributed by atoms with van der Waals surface area (Å²) in [5, 5.41) is 18.1. The van der Waals surface area contributed by atoms with Crippen molar-refractivity contribution in [2.24, 2.45) is 0 Å². The van der Waals surface area contributed by atoms with Crippen LogP contribution in [0.15, 0.2) is 54.6 Å². The number of ketones is 1. The van der Waals surface area contributed by atoms with Crippen LogP contribution in [0, 0.1) is 0 Å². The second-order valence-electron chi connectivity index (χ2n) is 12.5.